The Bertz CT molecular complexity index is 363. The molecule has 0 saturated carbocycles. The van der Waals surface area contributed by atoms with Gasteiger partial charge in [-0.3, -0.25) is 9.59 Å². The summed E-state index contributed by atoms with van der Waals surface area (Å²) in [5.74, 6) is -0.215. The Labute approximate surface area is 93.4 Å². The van der Waals surface area contributed by atoms with Crippen molar-refractivity contribution in [1.82, 2.24) is 5.32 Å². The Hall–Kier alpha value is -1.35. The van der Waals surface area contributed by atoms with Gasteiger partial charge in [0.05, 0.1) is 0 Å². The van der Waals surface area contributed by atoms with E-state index < -0.39 is 5.38 Å². The van der Waals surface area contributed by atoms with Crippen molar-refractivity contribution in [3.8, 4) is 0 Å². The first-order chi connectivity index (χ1) is 7.13. The van der Waals surface area contributed by atoms with Gasteiger partial charge in [-0.25, -0.2) is 0 Å². The molecule has 0 aliphatic heterocycles. The summed E-state index contributed by atoms with van der Waals surface area (Å²) in [5, 5.41) is 2.12. The summed E-state index contributed by atoms with van der Waals surface area (Å²) < 4.78 is 0. The highest BCUT2D eigenvalue weighted by Gasteiger charge is 2.07. The molecule has 1 unspecified atom stereocenters. The second-order valence-electron chi connectivity index (χ2n) is 3.20. The van der Waals surface area contributed by atoms with Crippen LogP contribution in [0.15, 0.2) is 24.3 Å². The van der Waals surface area contributed by atoms with Gasteiger partial charge in [-0.15, -0.1) is 11.6 Å². The fourth-order valence-corrected chi connectivity index (χ4v) is 1.18. The monoisotopic (exact) mass is 225 g/mol. The lowest BCUT2D eigenvalue weighted by molar-refractivity contribution is -0.120. The maximum absolute atomic E-state index is 11.2. The summed E-state index contributed by atoms with van der Waals surface area (Å²) in [6.45, 7) is 2.00. The maximum atomic E-state index is 11.2. The first kappa shape index (κ1) is 11.7. The van der Waals surface area contributed by atoms with Gasteiger partial charge >= 0.3 is 0 Å². The van der Waals surface area contributed by atoms with Crippen molar-refractivity contribution in [1.29, 1.82) is 0 Å². The lowest BCUT2D eigenvalue weighted by atomic mass is 10.1. The summed E-state index contributed by atoms with van der Waals surface area (Å²) >= 11 is 5.58. The number of aldehydes is 1. The van der Waals surface area contributed by atoms with Crippen LogP contribution < -0.4 is 5.32 Å². The predicted octanol–water partition coefficient (Wildman–Crippen LogP) is 1.74. The van der Waals surface area contributed by atoms with Crippen molar-refractivity contribution >= 4 is 23.8 Å². The van der Waals surface area contributed by atoms with E-state index in [-0.39, 0.29) is 5.91 Å². The first-order valence-electron chi connectivity index (χ1n) is 4.59. The standard InChI is InChI=1S/C11H12ClNO2/c1-8(12)11(15)13-6-9-3-2-4-10(5-9)7-14/h2-5,7-8H,6H2,1H3,(H,13,15). The van der Waals surface area contributed by atoms with Crippen molar-refractivity contribution in [2.24, 2.45) is 0 Å². The number of rotatable bonds is 4. The van der Waals surface area contributed by atoms with E-state index in [9.17, 15) is 9.59 Å². The molecule has 0 fully saturated rings. The fourth-order valence-electron chi connectivity index (χ4n) is 1.11. The maximum Gasteiger partial charge on any atom is 0.238 e. The molecule has 1 aromatic carbocycles. The van der Waals surface area contributed by atoms with Crippen LogP contribution in [0.4, 0.5) is 0 Å². The molecule has 0 aliphatic rings. The van der Waals surface area contributed by atoms with Crippen molar-refractivity contribution in [3.05, 3.63) is 35.4 Å². The van der Waals surface area contributed by atoms with Gasteiger partial charge in [-0.2, -0.15) is 0 Å². The summed E-state index contributed by atoms with van der Waals surface area (Å²) in [6, 6.07) is 7.05. The van der Waals surface area contributed by atoms with Gasteiger partial charge in [0.2, 0.25) is 5.91 Å². The van der Waals surface area contributed by atoms with Gasteiger partial charge in [0.15, 0.2) is 0 Å². The van der Waals surface area contributed by atoms with Crippen molar-refractivity contribution in [2.75, 3.05) is 0 Å². The molecule has 1 amide bonds. The average molecular weight is 226 g/mol. The highest BCUT2D eigenvalue weighted by molar-refractivity contribution is 6.30. The Morgan fingerprint density at radius 3 is 2.93 bits per heavy atom. The molecule has 0 heterocycles. The highest BCUT2D eigenvalue weighted by Crippen LogP contribution is 2.03. The minimum atomic E-state index is -0.542. The third-order valence-corrected chi connectivity index (χ3v) is 2.11. The lowest BCUT2D eigenvalue weighted by Gasteiger charge is -2.06. The number of hydrogen-bond acceptors (Lipinski definition) is 2. The number of alkyl halides is 1. The number of benzene rings is 1. The Morgan fingerprint density at radius 1 is 1.60 bits per heavy atom. The summed E-state index contributed by atoms with van der Waals surface area (Å²) in [4.78, 5) is 21.7. The number of carbonyl (C=O) groups is 2. The van der Waals surface area contributed by atoms with Gasteiger partial charge in [0.1, 0.15) is 11.7 Å². The zero-order chi connectivity index (χ0) is 11.3. The molecule has 0 bridgehead atoms. The second kappa shape index (κ2) is 5.51. The molecule has 1 aromatic rings. The molecular weight excluding hydrogens is 214 g/mol. The molecule has 0 aliphatic carbocycles. The average Bonchev–Trinajstić information content (AvgIpc) is 2.26. The van der Waals surface area contributed by atoms with Crippen LogP contribution in [0.3, 0.4) is 0 Å². The summed E-state index contributed by atoms with van der Waals surface area (Å²) in [5.41, 5.74) is 1.48. The highest BCUT2D eigenvalue weighted by atomic mass is 35.5. The van der Waals surface area contributed by atoms with E-state index in [1.165, 1.54) is 0 Å². The van der Waals surface area contributed by atoms with Crippen LogP contribution >= 0.6 is 11.6 Å². The number of amides is 1. The van der Waals surface area contributed by atoms with E-state index in [0.29, 0.717) is 12.1 Å². The van der Waals surface area contributed by atoms with Gasteiger partial charge in [-0.05, 0) is 18.6 Å². The number of carbonyl (C=O) groups excluding carboxylic acids is 2. The van der Waals surface area contributed by atoms with E-state index in [0.717, 1.165) is 11.8 Å². The molecule has 80 valence electrons. The number of nitrogens with one attached hydrogen (secondary N) is 1. The lowest BCUT2D eigenvalue weighted by Crippen LogP contribution is -2.29. The number of hydrogen-bond donors (Lipinski definition) is 1. The Kier molecular flexibility index (Phi) is 4.31. The summed E-state index contributed by atoms with van der Waals surface area (Å²) in [7, 11) is 0. The smallest absolute Gasteiger partial charge is 0.238 e. The topological polar surface area (TPSA) is 46.2 Å². The van der Waals surface area contributed by atoms with Crippen LogP contribution in [-0.4, -0.2) is 17.6 Å². The van der Waals surface area contributed by atoms with E-state index in [1.807, 2.05) is 6.07 Å². The fraction of sp³-hybridized carbons (Fsp3) is 0.273. The molecule has 3 nitrogen and oxygen atoms in total. The van der Waals surface area contributed by atoms with Crippen LogP contribution in [0.1, 0.15) is 22.8 Å². The zero-order valence-electron chi connectivity index (χ0n) is 8.37. The minimum absolute atomic E-state index is 0.215. The van der Waals surface area contributed by atoms with E-state index in [2.05, 4.69) is 5.32 Å². The molecule has 1 atom stereocenters. The molecule has 4 heteroatoms. The molecule has 1 N–H and O–H groups in total. The minimum Gasteiger partial charge on any atom is -0.351 e. The van der Waals surface area contributed by atoms with Gasteiger partial charge < -0.3 is 5.32 Å². The Balaban J connectivity index is 2.57. The molecule has 1 rings (SSSR count). The van der Waals surface area contributed by atoms with Gasteiger partial charge in [0, 0.05) is 12.1 Å². The molecular formula is C11H12ClNO2. The third-order valence-electron chi connectivity index (χ3n) is 1.92. The van der Waals surface area contributed by atoms with Crippen molar-refractivity contribution in [3.63, 3.8) is 0 Å². The van der Waals surface area contributed by atoms with Crippen LogP contribution in [0, 0.1) is 0 Å². The van der Waals surface area contributed by atoms with Crippen molar-refractivity contribution in [2.45, 2.75) is 18.8 Å². The zero-order valence-corrected chi connectivity index (χ0v) is 9.12. The first-order valence-corrected chi connectivity index (χ1v) is 5.03. The molecule has 0 radical (unpaired) electrons. The SMILES string of the molecule is CC(Cl)C(=O)NCc1cccc(C=O)c1. The van der Waals surface area contributed by atoms with Gasteiger partial charge in [-0.1, -0.05) is 18.2 Å². The molecule has 0 saturated heterocycles. The van der Waals surface area contributed by atoms with E-state index in [4.69, 9.17) is 11.6 Å². The van der Waals surface area contributed by atoms with Crippen LogP contribution in [0.5, 0.6) is 0 Å². The quantitative estimate of drug-likeness (QED) is 0.627. The van der Waals surface area contributed by atoms with Crippen LogP contribution in [-0.2, 0) is 11.3 Å². The second-order valence-corrected chi connectivity index (χ2v) is 3.85. The van der Waals surface area contributed by atoms with Gasteiger partial charge in [0.25, 0.3) is 0 Å². The predicted molar refractivity (Wildman–Crippen MR) is 59.0 cm³/mol. The number of halogens is 1. The van der Waals surface area contributed by atoms with Crippen LogP contribution in [0.2, 0.25) is 0 Å². The van der Waals surface area contributed by atoms with Crippen LogP contribution in [0.25, 0.3) is 0 Å². The molecule has 0 spiro atoms. The third kappa shape index (κ3) is 3.72. The molecule has 15 heavy (non-hydrogen) atoms. The van der Waals surface area contributed by atoms with Crippen molar-refractivity contribution < 1.29 is 9.59 Å². The normalized spacial score (nSPS) is 11.9. The van der Waals surface area contributed by atoms with E-state index in [1.54, 1.807) is 25.1 Å². The Morgan fingerprint density at radius 2 is 2.33 bits per heavy atom. The summed E-state index contributed by atoms with van der Waals surface area (Å²) in [6.07, 6.45) is 0.773. The molecule has 0 aromatic heterocycles. The largest absolute Gasteiger partial charge is 0.351 e. The van der Waals surface area contributed by atoms with E-state index >= 15 is 0 Å².